The molecule has 1 unspecified atom stereocenters. The van der Waals surface area contributed by atoms with Gasteiger partial charge in [0.2, 0.25) is 5.91 Å². The fourth-order valence-electron chi connectivity index (χ4n) is 3.89. The highest BCUT2D eigenvalue weighted by Gasteiger charge is 2.27. The van der Waals surface area contributed by atoms with Crippen molar-refractivity contribution >= 4 is 11.6 Å². The molecule has 0 aromatic carbocycles. The van der Waals surface area contributed by atoms with Crippen molar-refractivity contribution in [2.75, 3.05) is 6.54 Å². The lowest BCUT2D eigenvalue weighted by Crippen LogP contribution is -2.36. The van der Waals surface area contributed by atoms with E-state index >= 15 is 0 Å². The lowest BCUT2D eigenvalue weighted by molar-refractivity contribution is -0.133. The number of hydrogen-bond acceptors (Lipinski definition) is 3. The molecule has 3 aromatic rings. The molecule has 4 rings (SSSR count). The summed E-state index contributed by atoms with van der Waals surface area (Å²) in [6.07, 6.45) is 12.3. The standard InChI is InChI=1S/C21H24N4O/c1-16-6-5-12-24-15-18(23-21(16)24)14-20(26)25-13-4-2-3-7-19(25)17-8-10-22-11-9-17/h5-6,8-12,15,19H,2-4,7,13-14H2,1H3. The van der Waals surface area contributed by atoms with Crippen LogP contribution in [-0.4, -0.2) is 31.7 Å². The predicted molar refractivity (Wildman–Crippen MR) is 101 cm³/mol. The SMILES string of the molecule is Cc1cccn2cc(CC(=O)N3CCCCCC3c3ccncc3)nc12. The molecule has 0 radical (unpaired) electrons. The second-order valence-corrected chi connectivity index (χ2v) is 7.06. The van der Waals surface area contributed by atoms with Gasteiger partial charge in [-0.25, -0.2) is 4.98 Å². The molecule has 0 bridgehead atoms. The number of likely N-dealkylation sites (tertiary alicyclic amines) is 1. The smallest absolute Gasteiger partial charge is 0.229 e. The maximum Gasteiger partial charge on any atom is 0.229 e. The molecule has 0 aliphatic carbocycles. The van der Waals surface area contributed by atoms with Crippen LogP contribution in [0.1, 0.15) is 48.5 Å². The van der Waals surface area contributed by atoms with Gasteiger partial charge >= 0.3 is 0 Å². The van der Waals surface area contributed by atoms with Crippen molar-refractivity contribution in [3.63, 3.8) is 0 Å². The molecule has 5 heteroatoms. The summed E-state index contributed by atoms with van der Waals surface area (Å²) in [7, 11) is 0. The molecule has 4 heterocycles. The highest BCUT2D eigenvalue weighted by molar-refractivity contribution is 5.79. The Morgan fingerprint density at radius 2 is 2.04 bits per heavy atom. The summed E-state index contributed by atoms with van der Waals surface area (Å²) >= 11 is 0. The summed E-state index contributed by atoms with van der Waals surface area (Å²) < 4.78 is 2.00. The first kappa shape index (κ1) is 16.8. The maximum atomic E-state index is 13.1. The Morgan fingerprint density at radius 1 is 1.19 bits per heavy atom. The van der Waals surface area contributed by atoms with Crippen molar-refractivity contribution in [2.45, 2.75) is 45.1 Å². The van der Waals surface area contributed by atoms with E-state index in [1.807, 2.05) is 60.4 Å². The molecule has 5 nitrogen and oxygen atoms in total. The third-order valence-corrected chi connectivity index (χ3v) is 5.22. The molecule has 1 saturated heterocycles. The molecule has 1 amide bonds. The zero-order chi connectivity index (χ0) is 17.9. The third-order valence-electron chi connectivity index (χ3n) is 5.22. The van der Waals surface area contributed by atoms with Gasteiger partial charge in [-0.2, -0.15) is 0 Å². The van der Waals surface area contributed by atoms with E-state index in [4.69, 9.17) is 0 Å². The molecule has 0 N–H and O–H groups in total. The van der Waals surface area contributed by atoms with Crippen LogP contribution in [-0.2, 0) is 11.2 Å². The van der Waals surface area contributed by atoms with Crippen LogP contribution >= 0.6 is 0 Å². The van der Waals surface area contributed by atoms with Crippen LogP contribution in [0.5, 0.6) is 0 Å². The first-order valence-electron chi connectivity index (χ1n) is 9.35. The van der Waals surface area contributed by atoms with Gasteiger partial charge in [-0.05, 0) is 49.1 Å². The monoisotopic (exact) mass is 348 g/mol. The zero-order valence-corrected chi connectivity index (χ0v) is 15.1. The molecule has 1 atom stereocenters. The summed E-state index contributed by atoms with van der Waals surface area (Å²) in [5, 5.41) is 0. The normalized spacial score (nSPS) is 18.0. The van der Waals surface area contributed by atoms with E-state index in [1.54, 1.807) is 0 Å². The second-order valence-electron chi connectivity index (χ2n) is 7.06. The number of carbonyl (C=O) groups is 1. The number of aryl methyl sites for hydroxylation is 1. The van der Waals surface area contributed by atoms with Crippen LogP contribution in [0.4, 0.5) is 0 Å². The van der Waals surface area contributed by atoms with Crippen LogP contribution in [0.25, 0.3) is 5.65 Å². The van der Waals surface area contributed by atoms with Gasteiger partial charge in [-0.1, -0.05) is 18.9 Å². The fraction of sp³-hybridized carbons (Fsp3) is 0.381. The number of pyridine rings is 2. The molecule has 0 spiro atoms. The summed E-state index contributed by atoms with van der Waals surface area (Å²) in [5.74, 6) is 0.162. The van der Waals surface area contributed by atoms with E-state index in [-0.39, 0.29) is 11.9 Å². The number of amides is 1. The van der Waals surface area contributed by atoms with Crippen molar-refractivity contribution in [3.05, 3.63) is 65.9 Å². The van der Waals surface area contributed by atoms with Crippen molar-refractivity contribution in [1.29, 1.82) is 0 Å². The van der Waals surface area contributed by atoms with Gasteiger partial charge in [0.15, 0.2) is 0 Å². The Kier molecular flexibility index (Phi) is 4.69. The number of carbonyl (C=O) groups excluding carboxylic acids is 1. The van der Waals surface area contributed by atoms with Gasteiger partial charge < -0.3 is 9.30 Å². The average Bonchev–Trinajstić information content (AvgIpc) is 2.91. The maximum absolute atomic E-state index is 13.1. The first-order chi connectivity index (χ1) is 12.7. The Balaban J connectivity index is 1.58. The van der Waals surface area contributed by atoms with Crippen LogP contribution in [0.2, 0.25) is 0 Å². The Hall–Kier alpha value is -2.69. The van der Waals surface area contributed by atoms with Crippen molar-refractivity contribution in [1.82, 2.24) is 19.3 Å². The van der Waals surface area contributed by atoms with Gasteiger partial charge in [-0.3, -0.25) is 9.78 Å². The average molecular weight is 348 g/mol. The number of aromatic nitrogens is 3. The van der Waals surface area contributed by atoms with Crippen LogP contribution < -0.4 is 0 Å². The van der Waals surface area contributed by atoms with Gasteiger partial charge in [0, 0.05) is 31.3 Å². The summed E-state index contributed by atoms with van der Waals surface area (Å²) in [4.78, 5) is 24.0. The molecule has 1 fully saturated rings. The van der Waals surface area contributed by atoms with Gasteiger partial charge in [-0.15, -0.1) is 0 Å². The molecule has 26 heavy (non-hydrogen) atoms. The van der Waals surface area contributed by atoms with Crippen molar-refractivity contribution < 1.29 is 4.79 Å². The third kappa shape index (κ3) is 3.34. The second kappa shape index (κ2) is 7.28. The molecule has 0 saturated carbocycles. The Labute approximate surface area is 153 Å². The van der Waals surface area contributed by atoms with E-state index in [0.29, 0.717) is 6.42 Å². The van der Waals surface area contributed by atoms with Gasteiger partial charge in [0.05, 0.1) is 18.2 Å². The van der Waals surface area contributed by atoms with E-state index < -0.39 is 0 Å². The lowest BCUT2D eigenvalue weighted by atomic mass is 10.0. The lowest BCUT2D eigenvalue weighted by Gasteiger charge is -2.30. The number of imidazole rings is 1. The molecule has 1 aliphatic heterocycles. The quantitative estimate of drug-likeness (QED) is 0.725. The van der Waals surface area contributed by atoms with E-state index in [0.717, 1.165) is 42.7 Å². The zero-order valence-electron chi connectivity index (χ0n) is 15.1. The number of hydrogen-bond donors (Lipinski definition) is 0. The van der Waals surface area contributed by atoms with E-state index in [9.17, 15) is 4.79 Å². The highest BCUT2D eigenvalue weighted by atomic mass is 16.2. The summed E-state index contributed by atoms with van der Waals surface area (Å²) in [6, 6.07) is 8.26. The Bertz CT molecular complexity index is 903. The molecule has 134 valence electrons. The van der Waals surface area contributed by atoms with Crippen LogP contribution in [0, 0.1) is 6.92 Å². The van der Waals surface area contributed by atoms with E-state index in [2.05, 4.69) is 14.9 Å². The minimum Gasteiger partial charge on any atom is -0.335 e. The Morgan fingerprint density at radius 3 is 2.85 bits per heavy atom. The number of rotatable bonds is 3. The molecule has 3 aromatic heterocycles. The number of fused-ring (bicyclic) bond motifs is 1. The molecule has 1 aliphatic rings. The van der Waals surface area contributed by atoms with E-state index in [1.165, 1.54) is 12.0 Å². The van der Waals surface area contributed by atoms with Crippen LogP contribution in [0.3, 0.4) is 0 Å². The molecular formula is C21H24N4O. The summed E-state index contributed by atoms with van der Waals surface area (Å²) in [5.41, 5.74) is 4.07. The first-order valence-corrected chi connectivity index (χ1v) is 9.35. The minimum atomic E-state index is 0.145. The van der Waals surface area contributed by atoms with Crippen molar-refractivity contribution in [3.8, 4) is 0 Å². The van der Waals surface area contributed by atoms with Gasteiger partial charge in [0.1, 0.15) is 5.65 Å². The highest BCUT2D eigenvalue weighted by Crippen LogP contribution is 2.30. The predicted octanol–water partition coefficient (Wildman–Crippen LogP) is 3.72. The van der Waals surface area contributed by atoms with Crippen LogP contribution in [0.15, 0.2) is 49.1 Å². The minimum absolute atomic E-state index is 0.145. The topological polar surface area (TPSA) is 50.5 Å². The number of nitrogens with zero attached hydrogens (tertiary/aromatic N) is 4. The van der Waals surface area contributed by atoms with Gasteiger partial charge in [0.25, 0.3) is 0 Å². The fourth-order valence-corrected chi connectivity index (χ4v) is 3.89. The van der Waals surface area contributed by atoms with Crippen molar-refractivity contribution in [2.24, 2.45) is 0 Å². The summed E-state index contributed by atoms with van der Waals surface area (Å²) in [6.45, 7) is 2.86. The molecular weight excluding hydrogens is 324 g/mol. The largest absolute Gasteiger partial charge is 0.335 e.